The fraction of sp³-hybridized carbons (Fsp3) is 0.222. The number of anilines is 1. The Morgan fingerprint density at radius 1 is 1.11 bits per heavy atom. The van der Waals surface area contributed by atoms with Crippen molar-refractivity contribution in [3.8, 4) is 5.75 Å². The van der Waals surface area contributed by atoms with Gasteiger partial charge < -0.3 is 24.7 Å². The first-order valence-corrected chi connectivity index (χ1v) is 11.6. The topological polar surface area (TPSA) is 88.0 Å². The second-order valence-corrected chi connectivity index (χ2v) is 8.56. The lowest BCUT2D eigenvalue weighted by molar-refractivity contribution is -0.120. The number of aromatic nitrogens is 2. The summed E-state index contributed by atoms with van der Waals surface area (Å²) in [5.41, 5.74) is 5.22. The Hall–Kier alpha value is -4.33. The van der Waals surface area contributed by atoms with Crippen LogP contribution in [0.3, 0.4) is 0 Å². The number of carbonyl (C=O) groups is 2. The van der Waals surface area contributed by atoms with Gasteiger partial charge in [-0.15, -0.1) is 0 Å². The number of benzene rings is 2. The van der Waals surface area contributed by atoms with Crippen molar-refractivity contribution in [1.82, 2.24) is 20.0 Å². The number of fused-ring (bicyclic) bond motifs is 1. The summed E-state index contributed by atoms with van der Waals surface area (Å²) in [5.74, 6) is 0.338. The summed E-state index contributed by atoms with van der Waals surface area (Å²) in [6, 6.07) is 19.1. The molecule has 3 heterocycles. The number of aryl methyl sites for hydroxylation is 1. The average Bonchev–Trinajstić information content (AvgIpc) is 3.31. The first kappa shape index (κ1) is 22.5. The smallest absolute Gasteiger partial charge is 0.255 e. The first-order valence-electron chi connectivity index (χ1n) is 11.6. The summed E-state index contributed by atoms with van der Waals surface area (Å²) in [5, 5.41) is 5.80. The molecule has 2 amide bonds. The first-order chi connectivity index (χ1) is 17.1. The molecule has 8 heteroatoms. The molecule has 1 fully saturated rings. The molecule has 2 aromatic heterocycles. The number of amides is 2. The number of imidazole rings is 1. The van der Waals surface area contributed by atoms with Crippen molar-refractivity contribution in [2.24, 2.45) is 0 Å². The van der Waals surface area contributed by atoms with Crippen LogP contribution < -0.4 is 20.3 Å². The van der Waals surface area contributed by atoms with Crippen LogP contribution in [0.25, 0.3) is 5.65 Å². The van der Waals surface area contributed by atoms with Gasteiger partial charge in [-0.3, -0.25) is 9.59 Å². The minimum atomic E-state index is -0.205. The van der Waals surface area contributed by atoms with Gasteiger partial charge in [0, 0.05) is 37.7 Å². The van der Waals surface area contributed by atoms with Gasteiger partial charge in [0.25, 0.3) is 5.91 Å². The van der Waals surface area contributed by atoms with Gasteiger partial charge in [-0.1, -0.05) is 30.3 Å². The number of pyridine rings is 1. The third-order valence-corrected chi connectivity index (χ3v) is 6.03. The van der Waals surface area contributed by atoms with Crippen molar-refractivity contribution in [3.63, 3.8) is 0 Å². The van der Waals surface area contributed by atoms with Gasteiger partial charge >= 0.3 is 0 Å². The largest absolute Gasteiger partial charge is 0.486 e. The molecule has 0 unspecified atom stereocenters. The highest BCUT2D eigenvalue weighted by molar-refractivity contribution is 5.96. The van der Waals surface area contributed by atoms with Gasteiger partial charge in [0.2, 0.25) is 5.91 Å². The molecule has 2 N–H and O–H groups in total. The molecule has 1 aliphatic heterocycles. The molecular weight excluding hydrogens is 442 g/mol. The Labute approximate surface area is 203 Å². The van der Waals surface area contributed by atoms with Crippen molar-refractivity contribution >= 4 is 23.1 Å². The summed E-state index contributed by atoms with van der Waals surface area (Å²) in [7, 11) is 0. The molecule has 178 valence electrons. The van der Waals surface area contributed by atoms with Crippen molar-refractivity contribution in [2.45, 2.75) is 20.1 Å². The van der Waals surface area contributed by atoms with E-state index < -0.39 is 0 Å². The van der Waals surface area contributed by atoms with E-state index >= 15 is 0 Å². The van der Waals surface area contributed by atoms with E-state index in [9.17, 15) is 9.59 Å². The van der Waals surface area contributed by atoms with E-state index in [1.807, 2.05) is 77.1 Å². The second kappa shape index (κ2) is 9.89. The third-order valence-electron chi connectivity index (χ3n) is 6.03. The molecule has 4 aromatic rings. The van der Waals surface area contributed by atoms with Gasteiger partial charge in [0.05, 0.1) is 17.8 Å². The van der Waals surface area contributed by atoms with Gasteiger partial charge in [0.1, 0.15) is 18.0 Å². The number of piperazine rings is 1. The number of carbonyl (C=O) groups excluding carboxylic acids is 2. The zero-order valence-corrected chi connectivity index (χ0v) is 19.5. The normalized spacial score (nSPS) is 13.5. The van der Waals surface area contributed by atoms with Crippen molar-refractivity contribution in [1.29, 1.82) is 0 Å². The zero-order valence-electron chi connectivity index (χ0n) is 19.5. The number of nitrogens with one attached hydrogen (secondary N) is 2. The predicted octanol–water partition coefficient (Wildman–Crippen LogP) is 3.09. The van der Waals surface area contributed by atoms with Crippen LogP contribution in [-0.2, 0) is 17.9 Å². The summed E-state index contributed by atoms with van der Waals surface area (Å²) < 4.78 is 7.95. The Balaban J connectivity index is 1.21. The molecule has 0 aliphatic carbocycles. The van der Waals surface area contributed by atoms with Crippen LogP contribution in [0.5, 0.6) is 5.75 Å². The number of rotatable bonds is 7. The Bertz CT molecular complexity index is 1360. The van der Waals surface area contributed by atoms with Crippen molar-refractivity contribution in [3.05, 3.63) is 95.4 Å². The van der Waals surface area contributed by atoms with E-state index in [4.69, 9.17) is 4.74 Å². The average molecular weight is 470 g/mol. The maximum absolute atomic E-state index is 12.9. The fourth-order valence-corrected chi connectivity index (χ4v) is 4.17. The van der Waals surface area contributed by atoms with Gasteiger partial charge in [-0.25, -0.2) is 4.98 Å². The zero-order chi connectivity index (χ0) is 24.2. The monoisotopic (exact) mass is 469 g/mol. The van der Waals surface area contributed by atoms with Crippen LogP contribution in [0.2, 0.25) is 0 Å². The van der Waals surface area contributed by atoms with Crippen molar-refractivity contribution < 1.29 is 14.3 Å². The highest BCUT2D eigenvalue weighted by atomic mass is 16.5. The van der Waals surface area contributed by atoms with Crippen LogP contribution >= 0.6 is 0 Å². The van der Waals surface area contributed by atoms with Crippen LogP contribution in [0.4, 0.5) is 5.69 Å². The molecule has 1 aliphatic rings. The van der Waals surface area contributed by atoms with E-state index in [0.29, 0.717) is 30.9 Å². The minimum absolute atomic E-state index is 0.0322. The molecule has 8 nitrogen and oxygen atoms in total. The van der Waals surface area contributed by atoms with E-state index in [1.165, 1.54) is 0 Å². The van der Waals surface area contributed by atoms with Crippen LogP contribution in [0.15, 0.2) is 73.1 Å². The predicted molar refractivity (Wildman–Crippen MR) is 134 cm³/mol. The number of hydrogen-bond donors (Lipinski definition) is 2. The van der Waals surface area contributed by atoms with E-state index in [0.717, 1.165) is 34.7 Å². The molecule has 0 spiro atoms. The number of hydrogen-bond acceptors (Lipinski definition) is 5. The van der Waals surface area contributed by atoms with Gasteiger partial charge in [-0.2, -0.15) is 0 Å². The molecule has 0 bridgehead atoms. The van der Waals surface area contributed by atoms with Crippen LogP contribution in [0.1, 0.15) is 27.2 Å². The van der Waals surface area contributed by atoms with E-state index in [1.54, 1.807) is 12.1 Å². The van der Waals surface area contributed by atoms with Crippen LogP contribution in [0, 0.1) is 6.92 Å². The minimum Gasteiger partial charge on any atom is -0.486 e. The number of nitrogens with zero attached hydrogens (tertiary/aromatic N) is 3. The molecule has 0 radical (unpaired) electrons. The summed E-state index contributed by atoms with van der Waals surface area (Å²) in [4.78, 5) is 31.2. The van der Waals surface area contributed by atoms with Gasteiger partial charge in [0.15, 0.2) is 0 Å². The Kier molecular flexibility index (Phi) is 6.34. The number of ether oxygens (including phenoxy) is 1. The fourth-order valence-electron chi connectivity index (χ4n) is 4.17. The lowest BCUT2D eigenvalue weighted by Gasteiger charge is -2.28. The molecule has 0 saturated carbocycles. The maximum Gasteiger partial charge on any atom is 0.255 e. The quantitative estimate of drug-likeness (QED) is 0.434. The Morgan fingerprint density at radius 3 is 2.74 bits per heavy atom. The molecule has 1 saturated heterocycles. The highest BCUT2D eigenvalue weighted by Crippen LogP contribution is 2.21. The summed E-state index contributed by atoms with van der Waals surface area (Å²) in [6.07, 6.45) is 3.89. The molecular formula is C27H27N5O3. The maximum atomic E-state index is 12.9. The lowest BCUT2D eigenvalue weighted by Crippen LogP contribution is -2.47. The van der Waals surface area contributed by atoms with Gasteiger partial charge in [-0.05, 0) is 48.4 Å². The summed E-state index contributed by atoms with van der Waals surface area (Å²) >= 11 is 0. The summed E-state index contributed by atoms with van der Waals surface area (Å²) in [6.45, 7) is 4.47. The van der Waals surface area contributed by atoms with Crippen molar-refractivity contribution in [2.75, 3.05) is 24.5 Å². The standard InChI is InChI=1S/C27H27N5O3/c1-19-5-4-13-32-16-21(30-26(19)32)18-35-24-7-3-2-6-23(24)27(34)29-15-20-8-10-22(11-9-20)31-14-12-28-25(33)17-31/h2-11,13,16H,12,14-15,17-18H2,1H3,(H,28,33)(H,29,34). The second-order valence-electron chi connectivity index (χ2n) is 8.56. The van der Waals surface area contributed by atoms with E-state index in [2.05, 4.69) is 15.6 Å². The molecule has 2 aromatic carbocycles. The molecule has 35 heavy (non-hydrogen) atoms. The Morgan fingerprint density at radius 2 is 1.94 bits per heavy atom. The highest BCUT2D eigenvalue weighted by Gasteiger charge is 2.17. The lowest BCUT2D eigenvalue weighted by atomic mass is 10.1. The molecule has 5 rings (SSSR count). The van der Waals surface area contributed by atoms with E-state index in [-0.39, 0.29) is 18.4 Å². The number of para-hydroxylation sites is 1. The molecule has 0 atom stereocenters. The third kappa shape index (κ3) is 5.11. The SMILES string of the molecule is Cc1cccn2cc(COc3ccccc3C(=O)NCc3ccc(N4CCNC(=O)C4)cc3)nc12. The van der Waals surface area contributed by atoms with Crippen LogP contribution in [-0.4, -0.2) is 40.8 Å².